The third-order valence-corrected chi connectivity index (χ3v) is 6.03. The van der Waals surface area contributed by atoms with Gasteiger partial charge in [0.05, 0.1) is 5.69 Å². The molecular weight excluding hydrogens is 467 g/mol. The number of hydrogen-bond acceptors (Lipinski definition) is 3. The highest BCUT2D eigenvalue weighted by atomic mass is 127. The third kappa shape index (κ3) is 2.88. The highest BCUT2D eigenvalue weighted by Gasteiger charge is 2.21. The van der Waals surface area contributed by atoms with E-state index in [-0.39, 0.29) is 5.56 Å². The molecule has 0 aliphatic carbocycles. The molecule has 4 aromatic rings. The van der Waals surface area contributed by atoms with Gasteiger partial charge in [0.1, 0.15) is 23.1 Å². The first kappa shape index (κ1) is 17.4. The lowest BCUT2D eigenvalue weighted by Crippen LogP contribution is -2.01. The predicted octanol–water partition coefficient (Wildman–Crippen LogP) is 6.31. The number of nitrogens with zero attached hydrogens (tertiary/aromatic N) is 2. The van der Waals surface area contributed by atoms with Crippen LogP contribution in [-0.2, 0) is 0 Å². The summed E-state index contributed by atoms with van der Waals surface area (Å²) >= 11 is 3.75. The number of anilines is 2. The van der Waals surface area contributed by atoms with Gasteiger partial charge in [-0.2, -0.15) is 0 Å². The van der Waals surface area contributed by atoms with Gasteiger partial charge in [0.15, 0.2) is 4.96 Å². The molecule has 0 bridgehead atoms. The number of aryl methyl sites for hydroxylation is 2. The van der Waals surface area contributed by atoms with Crippen LogP contribution >= 0.6 is 33.9 Å². The number of benzene rings is 2. The van der Waals surface area contributed by atoms with Crippen LogP contribution in [-0.4, -0.2) is 9.38 Å². The first-order chi connectivity index (χ1) is 12.5. The molecule has 0 saturated heterocycles. The van der Waals surface area contributed by atoms with Crippen molar-refractivity contribution in [1.82, 2.24) is 9.38 Å². The molecule has 132 valence electrons. The summed E-state index contributed by atoms with van der Waals surface area (Å²) in [6.07, 6.45) is 0. The Balaban J connectivity index is 1.96. The number of para-hydroxylation sites is 1. The van der Waals surface area contributed by atoms with Gasteiger partial charge in [0.25, 0.3) is 0 Å². The third-order valence-electron chi connectivity index (χ3n) is 4.19. The Bertz CT molecular complexity index is 1110. The van der Waals surface area contributed by atoms with Gasteiger partial charge >= 0.3 is 0 Å². The van der Waals surface area contributed by atoms with Crippen molar-refractivity contribution in [3.63, 3.8) is 0 Å². The zero-order chi connectivity index (χ0) is 18.4. The van der Waals surface area contributed by atoms with E-state index in [9.17, 15) is 8.78 Å². The molecule has 0 amide bonds. The molecule has 0 aliphatic heterocycles. The SMILES string of the molecule is Cc1cccc(I)c1Nc1c(-c2ccc(F)cc2F)nc2scc(C)n12. The molecule has 26 heavy (non-hydrogen) atoms. The van der Waals surface area contributed by atoms with E-state index in [1.54, 1.807) is 0 Å². The summed E-state index contributed by atoms with van der Waals surface area (Å²) < 4.78 is 30.8. The molecule has 2 aromatic heterocycles. The standard InChI is InChI=1S/C19H14F2IN3S/c1-10-4-3-5-15(22)16(10)23-18-17(13-7-6-12(20)8-14(13)21)24-19-25(18)11(2)9-26-19/h3-9,23H,1-2H3. The first-order valence-electron chi connectivity index (χ1n) is 7.90. The Labute approximate surface area is 166 Å². The minimum absolute atomic E-state index is 0.271. The van der Waals surface area contributed by atoms with Crippen LogP contribution in [0.3, 0.4) is 0 Å². The second-order valence-corrected chi connectivity index (χ2v) is 7.98. The molecule has 0 aliphatic rings. The maximum absolute atomic E-state index is 14.4. The first-order valence-corrected chi connectivity index (χ1v) is 9.85. The van der Waals surface area contributed by atoms with E-state index in [2.05, 4.69) is 32.9 Å². The normalized spacial score (nSPS) is 11.3. The molecule has 1 N–H and O–H groups in total. The van der Waals surface area contributed by atoms with E-state index in [0.29, 0.717) is 11.5 Å². The largest absolute Gasteiger partial charge is 0.338 e. The van der Waals surface area contributed by atoms with Crippen LogP contribution in [0.2, 0.25) is 0 Å². The van der Waals surface area contributed by atoms with Crippen LogP contribution in [0.15, 0.2) is 41.8 Å². The molecule has 4 rings (SSSR count). The average molecular weight is 481 g/mol. The average Bonchev–Trinajstić information content (AvgIpc) is 3.12. The molecular formula is C19H14F2IN3S. The maximum Gasteiger partial charge on any atom is 0.196 e. The highest BCUT2D eigenvalue weighted by Crippen LogP contribution is 2.37. The van der Waals surface area contributed by atoms with Crippen LogP contribution in [0, 0.1) is 29.1 Å². The van der Waals surface area contributed by atoms with Crippen molar-refractivity contribution in [3.05, 3.63) is 68.2 Å². The van der Waals surface area contributed by atoms with Crippen LogP contribution in [0.1, 0.15) is 11.3 Å². The Morgan fingerprint density at radius 1 is 1.15 bits per heavy atom. The molecule has 0 radical (unpaired) electrons. The minimum atomic E-state index is -0.629. The Morgan fingerprint density at radius 2 is 1.96 bits per heavy atom. The van der Waals surface area contributed by atoms with Crippen molar-refractivity contribution in [3.8, 4) is 11.3 Å². The number of imidazole rings is 1. The van der Waals surface area contributed by atoms with E-state index in [4.69, 9.17) is 0 Å². The maximum atomic E-state index is 14.4. The molecule has 0 fully saturated rings. The molecule has 0 spiro atoms. The summed E-state index contributed by atoms with van der Waals surface area (Å²) in [7, 11) is 0. The van der Waals surface area contributed by atoms with E-state index in [1.165, 1.54) is 23.5 Å². The van der Waals surface area contributed by atoms with Crippen LogP contribution in [0.5, 0.6) is 0 Å². The molecule has 2 heterocycles. The minimum Gasteiger partial charge on any atom is -0.338 e. The number of rotatable bonds is 3. The zero-order valence-electron chi connectivity index (χ0n) is 14.0. The fourth-order valence-corrected chi connectivity index (χ4v) is 4.52. The topological polar surface area (TPSA) is 29.3 Å². The van der Waals surface area contributed by atoms with Gasteiger partial charge in [-0.15, -0.1) is 11.3 Å². The van der Waals surface area contributed by atoms with Crippen LogP contribution in [0.25, 0.3) is 16.2 Å². The van der Waals surface area contributed by atoms with E-state index >= 15 is 0 Å². The fourth-order valence-electron chi connectivity index (χ4n) is 2.89. The van der Waals surface area contributed by atoms with Gasteiger partial charge in [0.2, 0.25) is 0 Å². The van der Waals surface area contributed by atoms with Gasteiger partial charge in [0, 0.05) is 26.3 Å². The lowest BCUT2D eigenvalue weighted by Gasteiger charge is -2.13. The summed E-state index contributed by atoms with van der Waals surface area (Å²) in [4.78, 5) is 5.36. The number of hydrogen-bond donors (Lipinski definition) is 1. The van der Waals surface area contributed by atoms with Gasteiger partial charge in [-0.3, -0.25) is 4.40 Å². The number of nitrogens with one attached hydrogen (secondary N) is 1. The number of aromatic nitrogens is 2. The molecule has 7 heteroatoms. The van der Waals surface area contributed by atoms with Gasteiger partial charge in [-0.25, -0.2) is 13.8 Å². The quantitative estimate of drug-likeness (QED) is 0.348. The molecule has 0 atom stereocenters. The van der Waals surface area contributed by atoms with Crippen LogP contribution in [0.4, 0.5) is 20.3 Å². The summed E-state index contributed by atoms with van der Waals surface area (Å²) in [5.41, 5.74) is 3.76. The molecule has 2 aromatic carbocycles. The lowest BCUT2D eigenvalue weighted by atomic mass is 10.1. The van der Waals surface area contributed by atoms with Crippen molar-refractivity contribution in [2.75, 3.05) is 5.32 Å². The monoisotopic (exact) mass is 481 g/mol. The lowest BCUT2D eigenvalue weighted by molar-refractivity contribution is 0.585. The van der Waals surface area contributed by atoms with Gasteiger partial charge < -0.3 is 5.32 Å². The summed E-state index contributed by atoms with van der Waals surface area (Å²) in [6.45, 7) is 3.99. The van der Waals surface area contributed by atoms with Gasteiger partial charge in [-0.05, 0) is 60.2 Å². The second kappa shape index (κ2) is 6.62. The second-order valence-electron chi connectivity index (χ2n) is 5.98. The van der Waals surface area contributed by atoms with Crippen LogP contribution < -0.4 is 5.32 Å². The highest BCUT2D eigenvalue weighted by molar-refractivity contribution is 14.1. The molecule has 0 unspecified atom stereocenters. The number of halogens is 3. The van der Waals surface area contributed by atoms with E-state index in [0.717, 1.165) is 31.5 Å². The van der Waals surface area contributed by atoms with Crippen molar-refractivity contribution >= 4 is 50.4 Å². The van der Waals surface area contributed by atoms with Crippen molar-refractivity contribution in [2.24, 2.45) is 0 Å². The number of fused-ring (bicyclic) bond motifs is 1. The number of thiazole rings is 1. The molecule has 0 saturated carbocycles. The van der Waals surface area contributed by atoms with Crippen molar-refractivity contribution in [1.29, 1.82) is 0 Å². The Morgan fingerprint density at radius 3 is 2.69 bits per heavy atom. The summed E-state index contributed by atoms with van der Waals surface area (Å²) in [5, 5.41) is 5.44. The summed E-state index contributed by atoms with van der Waals surface area (Å²) in [6, 6.07) is 9.58. The van der Waals surface area contributed by atoms with Gasteiger partial charge in [-0.1, -0.05) is 12.1 Å². The zero-order valence-corrected chi connectivity index (χ0v) is 17.0. The predicted molar refractivity (Wildman–Crippen MR) is 110 cm³/mol. The Kier molecular flexibility index (Phi) is 4.44. The molecule has 3 nitrogen and oxygen atoms in total. The van der Waals surface area contributed by atoms with E-state index in [1.807, 2.05) is 41.8 Å². The van der Waals surface area contributed by atoms with Crippen molar-refractivity contribution < 1.29 is 8.78 Å². The Hall–Kier alpha value is -2.00. The fraction of sp³-hybridized carbons (Fsp3) is 0.105. The smallest absolute Gasteiger partial charge is 0.196 e. The summed E-state index contributed by atoms with van der Waals surface area (Å²) in [5.74, 6) is -0.557. The van der Waals surface area contributed by atoms with Crippen molar-refractivity contribution in [2.45, 2.75) is 13.8 Å². The van der Waals surface area contributed by atoms with E-state index < -0.39 is 11.6 Å².